The number of methoxy groups -OCH3 is 1. The number of phenolic OH excluding ortho intramolecular Hbond substituents is 1. The number of hydrogen-bond donors (Lipinski definition) is 1. The second-order valence-electron chi connectivity index (χ2n) is 6.30. The van der Waals surface area contributed by atoms with Gasteiger partial charge in [-0.15, -0.1) is 0 Å². The molecule has 1 aliphatic rings. The molecule has 0 fully saturated rings. The second-order valence-corrected chi connectivity index (χ2v) is 6.30. The number of para-hydroxylation sites is 1. The van der Waals surface area contributed by atoms with E-state index in [1.54, 1.807) is 19.2 Å². The van der Waals surface area contributed by atoms with Gasteiger partial charge in [0.15, 0.2) is 0 Å². The van der Waals surface area contributed by atoms with Crippen LogP contribution in [0.1, 0.15) is 28.5 Å². The van der Waals surface area contributed by atoms with E-state index in [2.05, 4.69) is 24.3 Å². The standard InChI is InChI=1S/C22H20O3/c1-24-18-12-8-16(9-13-18)22-19-4-2-3-5-21(19)25-14-20(22)15-6-10-17(23)11-7-15/h2-13,20,22-23H,14H2,1H3. The minimum absolute atomic E-state index is 0.184. The average Bonchev–Trinajstić information content (AvgIpc) is 2.68. The maximum atomic E-state index is 9.61. The van der Waals surface area contributed by atoms with Crippen LogP contribution in [0, 0.1) is 0 Å². The third-order valence-electron chi connectivity index (χ3n) is 4.87. The minimum atomic E-state index is 0.184. The minimum Gasteiger partial charge on any atom is -0.508 e. The first kappa shape index (κ1) is 15.6. The Labute approximate surface area is 147 Å². The molecular weight excluding hydrogens is 312 g/mol. The zero-order valence-electron chi connectivity index (χ0n) is 14.1. The molecule has 4 rings (SSSR count). The fraction of sp³-hybridized carbons (Fsp3) is 0.182. The molecule has 0 aromatic heterocycles. The summed E-state index contributed by atoms with van der Waals surface area (Å²) in [5.74, 6) is 2.45. The lowest BCUT2D eigenvalue weighted by atomic mass is 9.76. The molecular formula is C22H20O3. The highest BCUT2D eigenvalue weighted by atomic mass is 16.5. The van der Waals surface area contributed by atoms with Crippen molar-refractivity contribution in [1.29, 1.82) is 0 Å². The van der Waals surface area contributed by atoms with Gasteiger partial charge in [0.25, 0.3) is 0 Å². The van der Waals surface area contributed by atoms with E-state index in [-0.39, 0.29) is 17.6 Å². The van der Waals surface area contributed by atoms with E-state index in [9.17, 15) is 5.11 Å². The van der Waals surface area contributed by atoms with Gasteiger partial charge >= 0.3 is 0 Å². The largest absolute Gasteiger partial charge is 0.508 e. The summed E-state index contributed by atoms with van der Waals surface area (Å²) in [5.41, 5.74) is 3.58. The van der Waals surface area contributed by atoms with E-state index in [1.807, 2.05) is 36.4 Å². The van der Waals surface area contributed by atoms with Crippen molar-refractivity contribution in [3.63, 3.8) is 0 Å². The summed E-state index contributed by atoms with van der Waals surface area (Å²) in [5, 5.41) is 9.61. The van der Waals surface area contributed by atoms with Crippen molar-refractivity contribution in [3.8, 4) is 17.2 Å². The van der Waals surface area contributed by atoms with Crippen LogP contribution in [0.2, 0.25) is 0 Å². The van der Waals surface area contributed by atoms with Crippen LogP contribution in [-0.2, 0) is 0 Å². The fourth-order valence-electron chi connectivity index (χ4n) is 3.59. The molecule has 0 spiro atoms. The molecule has 0 saturated heterocycles. The molecule has 0 amide bonds. The Bertz CT molecular complexity index is 853. The molecule has 3 nitrogen and oxygen atoms in total. The van der Waals surface area contributed by atoms with Gasteiger partial charge in [-0.3, -0.25) is 0 Å². The van der Waals surface area contributed by atoms with Crippen LogP contribution in [0.3, 0.4) is 0 Å². The van der Waals surface area contributed by atoms with Crippen LogP contribution < -0.4 is 9.47 Å². The highest BCUT2D eigenvalue weighted by molar-refractivity contribution is 5.48. The summed E-state index contributed by atoms with van der Waals surface area (Å²) in [4.78, 5) is 0. The van der Waals surface area contributed by atoms with Crippen LogP contribution in [0.15, 0.2) is 72.8 Å². The molecule has 3 heteroatoms. The van der Waals surface area contributed by atoms with Crippen molar-refractivity contribution in [2.75, 3.05) is 13.7 Å². The summed E-state index contributed by atoms with van der Waals surface area (Å²) < 4.78 is 11.3. The number of hydrogen-bond acceptors (Lipinski definition) is 3. The van der Waals surface area contributed by atoms with E-state index in [1.165, 1.54) is 11.1 Å². The molecule has 3 aromatic rings. The summed E-state index contributed by atoms with van der Waals surface area (Å²) in [7, 11) is 1.68. The van der Waals surface area contributed by atoms with Crippen molar-refractivity contribution < 1.29 is 14.6 Å². The molecule has 126 valence electrons. The molecule has 1 aliphatic heterocycles. The normalized spacial score (nSPS) is 18.9. The molecule has 2 unspecified atom stereocenters. The molecule has 0 bridgehead atoms. The summed E-state index contributed by atoms with van der Waals surface area (Å²) >= 11 is 0. The van der Waals surface area contributed by atoms with E-state index in [0.29, 0.717) is 6.61 Å². The van der Waals surface area contributed by atoms with Gasteiger partial charge in [0, 0.05) is 17.4 Å². The maximum Gasteiger partial charge on any atom is 0.123 e. The van der Waals surface area contributed by atoms with E-state index < -0.39 is 0 Å². The SMILES string of the molecule is COc1ccc(C2c3ccccc3OCC2c2ccc(O)cc2)cc1. The van der Waals surface area contributed by atoms with Crippen LogP contribution in [-0.4, -0.2) is 18.8 Å². The Morgan fingerprint density at radius 3 is 2.28 bits per heavy atom. The predicted molar refractivity (Wildman–Crippen MR) is 97.6 cm³/mol. The third kappa shape index (κ3) is 2.93. The highest BCUT2D eigenvalue weighted by Crippen LogP contribution is 2.46. The lowest BCUT2D eigenvalue weighted by Crippen LogP contribution is -2.25. The third-order valence-corrected chi connectivity index (χ3v) is 4.87. The van der Waals surface area contributed by atoms with Gasteiger partial charge in [0.05, 0.1) is 13.7 Å². The number of benzene rings is 3. The van der Waals surface area contributed by atoms with Gasteiger partial charge in [-0.05, 0) is 41.5 Å². The molecule has 0 saturated carbocycles. The molecule has 1 heterocycles. The zero-order chi connectivity index (χ0) is 17.2. The van der Waals surface area contributed by atoms with Crippen molar-refractivity contribution >= 4 is 0 Å². The predicted octanol–water partition coefficient (Wildman–Crippen LogP) is 4.71. The topological polar surface area (TPSA) is 38.7 Å². The number of aromatic hydroxyl groups is 1. The summed E-state index contributed by atoms with van der Waals surface area (Å²) in [6, 6.07) is 23.9. The Morgan fingerprint density at radius 1 is 0.880 bits per heavy atom. The summed E-state index contributed by atoms with van der Waals surface area (Å²) in [6.07, 6.45) is 0. The Balaban J connectivity index is 1.81. The van der Waals surface area contributed by atoms with E-state index in [4.69, 9.17) is 9.47 Å². The number of ether oxygens (including phenoxy) is 2. The average molecular weight is 332 g/mol. The number of rotatable bonds is 3. The van der Waals surface area contributed by atoms with Crippen LogP contribution >= 0.6 is 0 Å². The summed E-state index contributed by atoms with van der Waals surface area (Å²) in [6.45, 7) is 0.610. The van der Waals surface area contributed by atoms with Gasteiger partial charge in [-0.1, -0.05) is 42.5 Å². The van der Waals surface area contributed by atoms with E-state index >= 15 is 0 Å². The Hall–Kier alpha value is -2.94. The Kier molecular flexibility index (Phi) is 4.06. The molecule has 0 aliphatic carbocycles. The quantitative estimate of drug-likeness (QED) is 0.755. The first-order valence-electron chi connectivity index (χ1n) is 8.41. The van der Waals surface area contributed by atoms with Crippen LogP contribution in [0.4, 0.5) is 0 Å². The van der Waals surface area contributed by atoms with Crippen LogP contribution in [0.25, 0.3) is 0 Å². The lowest BCUT2D eigenvalue weighted by Gasteiger charge is -2.34. The van der Waals surface area contributed by atoms with Gasteiger partial charge in [-0.25, -0.2) is 0 Å². The Morgan fingerprint density at radius 2 is 1.56 bits per heavy atom. The first-order valence-corrected chi connectivity index (χ1v) is 8.41. The highest BCUT2D eigenvalue weighted by Gasteiger charge is 2.33. The second kappa shape index (κ2) is 6.52. The number of fused-ring (bicyclic) bond motifs is 1. The fourth-order valence-corrected chi connectivity index (χ4v) is 3.59. The van der Waals surface area contributed by atoms with Crippen molar-refractivity contribution in [2.24, 2.45) is 0 Å². The van der Waals surface area contributed by atoms with Crippen molar-refractivity contribution in [2.45, 2.75) is 11.8 Å². The first-order chi connectivity index (χ1) is 12.3. The van der Waals surface area contributed by atoms with Crippen LogP contribution in [0.5, 0.6) is 17.2 Å². The molecule has 25 heavy (non-hydrogen) atoms. The van der Waals surface area contributed by atoms with Gasteiger partial charge in [0.1, 0.15) is 17.2 Å². The molecule has 3 aromatic carbocycles. The number of phenols is 1. The maximum absolute atomic E-state index is 9.61. The smallest absolute Gasteiger partial charge is 0.123 e. The lowest BCUT2D eigenvalue weighted by molar-refractivity contribution is 0.249. The van der Waals surface area contributed by atoms with Gasteiger partial charge < -0.3 is 14.6 Å². The molecule has 1 N–H and O–H groups in total. The van der Waals surface area contributed by atoms with Gasteiger partial charge in [-0.2, -0.15) is 0 Å². The van der Waals surface area contributed by atoms with E-state index in [0.717, 1.165) is 17.1 Å². The van der Waals surface area contributed by atoms with Gasteiger partial charge in [0.2, 0.25) is 0 Å². The van der Waals surface area contributed by atoms with Crippen molar-refractivity contribution in [3.05, 3.63) is 89.5 Å². The monoisotopic (exact) mass is 332 g/mol. The van der Waals surface area contributed by atoms with Crippen molar-refractivity contribution in [1.82, 2.24) is 0 Å². The molecule has 2 atom stereocenters. The molecule has 0 radical (unpaired) electrons. The zero-order valence-corrected chi connectivity index (χ0v) is 14.1.